The molecule has 0 radical (unpaired) electrons. The highest BCUT2D eigenvalue weighted by Crippen LogP contribution is 2.75. The summed E-state index contributed by atoms with van der Waals surface area (Å²) in [5, 5.41) is 16.9. The van der Waals surface area contributed by atoms with Crippen LogP contribution < -0.4 is 0 Å². The molecule has 1 saturated heterocycles. The molecule has 0 aromatic heterocycles. The molecule has 5 heteroatoms. The number of rotatable bonds is 0. The van der Waals surface area contributed by atoms with Crippen LogP contribution in [0.1, 0.15) is 39.0 Å². The molecule has 3 N–H and O–H groups in total. The molecular weight excluding hydrogens is 203 g/mol. The molecule has 0 aromatic carbocycles. The quantitative estimate of drug-likeness (QED) is 0.537. The molecule has 1 aliphatic carbocycles. The number of hydrogen-bond donors (Lipinski definition) is 3. The zero-order valence-electron chi connectivity index (χ0n) is 8.31. The molecule has 82 valence electrons. The Kier molecular flexibility index (Phi) is 2.14. The van der Waals surface area contributed by atoms with Crippen LogP contribution in [0, 0.1) is 5.92 Å². The maximum Gasteiger partial charge on any atom is 0.261 e. The fourth-order valence-electron chi connectivity index (χ4n) is 2.88. The molecule has 0 bridgehead atoms. The lowest BCUT2D eigenvalue weighted by molar-refractivity contribution is 0.0237. The van der Waals surface area contributed by atoms with Crippen LogP contribution >= 0.6 is 7.37 Å². The highest BCUT2D eigenvalue weighted by Gasteiger charge is 2.67. The van der Waals surface area contributed by atoms with Gasteiger partial charge in [0.2, 0.25) is 0 Å². The molecule has 1 heterocycles. The zero-order chi connectivity index (χ0) is 10.6. The smallest absolute Gasteiger partial charge is 0.261 e. The van der Waals surface area contributed by atoms with Crippen LogP contribution in [0.5, 0.6) is 0 Å². The van der Waals surface area contributed by atoms with E-state index in [1.807, 2.05) is 0 Å². The summed E-state index contributed by atoms with van der Waals surface area (Å²) >= 11 is 0. The Balaban J connectivity index is 2.44. The van der Waals surface area contributed by atoms with Crippen molar-refractivity contribution < 1.29 is 19.7 Å². The molecule has 0 amide bonds. The molecule has 1 aliphatic heterocycles. The van der Waals surface area contributed by atoms with E-state index in [1.165, 1.54) is 6.92 Å². The summed E-state index contributed by atoms with van der Waals surface area (Å²) < 4.78 is 12.0. The standard InChI is InChI=1S/C9H17O4P/c1-8(10)6-7-4-2-3-5-9(7,11)14(8,12)13/h7,10-11H,2-6H2,1H3,(H,12,13)/t7-,8+,9-/m1/s1. The highest BCUT2D eigenvalue weighted by molar-refractivity contribution is 7.61. The summed E-state index contributed by atoms with van der Waals surface area (Å²) in [7, 11) is -3.88. The van der Waals surface area contributed by atoms with Crippen LogP contribution in [0.2, 0.25) is 0 Å². The summed E-state index contributed by atoms with van der Waals surface area (Å²) in [4.78, 5) is 9.83. The van der Waals surface area contributed by atoms with Crippen molar-refractivity contribution in [2.24, 2.45) is 5.92 Å². The van der Waals surface area contributed by atoms with Crippen molar-refractivity contribution in [3.8, 4) is 0 Å². The van der Waals surface area contributed by atoms with Crippen molar-refractivity contribution in [2.45, 2.75) is 49.7 Å². The Morgan fingerprint density at radius 2 is 2.00 bits per heavy atom. The van der Waals surface area contributed by atoms with Gasteiger partial charge in [-0.25, -0.2) is 0 Å². The Morgan fingerprint density at radius 3 is 2.57 bits per heavy atom. The normalized spacial score (nSPS) is 58.4. The summed E-state index contributed by atoms with van der Waals surface area (Å²) in [6, 6.07) is 0. The maximum atomic E-state index is 12.0. The Morgan fingerprint density at radius 1 is 1.36 bits per heavy atom. The number of hydrogen-bond acceptors (Lipinski definition) is 3. The minimum Gasteiger partial charge on any atom is -0.380 e. The van der Waals surface area contributed by atoms with E-state index in [-0.39, 0.29) is 12.3 Å². The van der Waals surface area contributed by atoms with E-state index in [4.69, 9.17) is 0 Å². The van der Waals surface area contributed by atoms with Crippen LogP contribution in [-0.4, -0.2) is 25.8 Å². The van der Waals surface area contributed by atoms with Crippen molar-refractivity contribution in [1.82, 2.24) is 0 Å². The van der Waals surface area contributed by atoms with Crippen molar-refractivity contribution in [3.63, 3.8) is 0 Å². The van der Waals surface area contributed by atoms with Gasteiger partial charge in [-0.3, -0.25) is 4.57 Å². The molecule has 2 rings (SSSR count). The van der Waals surface area contributed by atoms with E-state index in [0.29, 0.717) is 6.42 Å². The third-order valence-electron chi connectivity index (χ3n) is 3.81. The summed E-state index contributed by atoms with van der Waals surface area (Å²) in [5.74, 6) is -0.206. The van der Waals surface area contributed by atoms with E-state index < -0.39 is 18.1 Å². The topological polar surface area (TPSA) is 77.8 Å². The van der Waals surface area contributed by atoms with E-state index in [9.17, 15) is 19.7 Å². The third kappa shape index (κ3) is 1.09. The first kappa shape index (κ1) is 10.6. The lowest BCUT2D eigenvalue weighted by Crippen LogP contribution is -2.36. The SMILES string of the molecule is C[C@@]1(O)C[C@H]2CCCC[C@@]2(O)P1(=O)O. The highest BCUT2D eigenvalue weighted by atomic mass is 31.2. The van der Waals surface area contributed by atoms with Crippen molar-refractivity contribution >= 4 is 7.37 Å². The van der Waals surface area contributed by atoms with Gasteiger partial charge in [-0.2, -0.15) is 0 Å². The monoisotopic (exact) mass is 220 g/mol. The van der Waals surface area contributed by atoms with Crippen molar-refractivity contribution in [2.75, 3.05) is 0 Å². The lowest BCUT2D eigenvalue weighted by atomic mass is 9.83. The number of aliphatic hydroxyl groups is 2. The predicted molar refractivity (Wildman–Crippen MR) is 52.0 cm³/mol. The predicted octanol–water partition coefficient (Wildman–Crippen LogP) is 1.25. The Labute approximate surface area is 83.4 Å². The fraction of sp³-hybridized carbons (Fsp3) is 1.00. The summed E-state index contributed by atoms with van der Waals surface area (Å²) in [5.41, 5.74) is 0. The van der Waals surface area contributed by atoms with Crippen molar-refractivity contribution in [1.29, 1.82) is 0 Å². The van der Waals surface area contributed by atoms with Gasteiger partial charge in [0.05, 0.1) is 0 Å². The van der Waals surface area contributed by atoms with Gasteiger partial charge in [-0.1, -0.05) is 6.42 Å². The summed E-state index contributed by atoms with van der Waals surface area (Å²) in [6.07, 6.45) is 3.09. The molecule has 0 spiro atoms. The second kappa shape index (κ2) is 2.82. The molecule has 14 heavy (non-hydrogen) atoms. The van der Waals surface area contributed by atoms with Gasteiger partial charge in [-0.05, 0) is 32.6 Å². The van der Waals surface area contributed by atoms with Gasteiger partial charge < -0.3 is 15.1 Å². The minimum atomic E-state index is -3.88. The van der Waals surface area contributed by atoms with Gasteiger partial charge in [0.25, 0.3) is 7.37 Å². The molecule has 1 saturated carbocycles. The fourth-order valence-corrected chi connectivity index (χ4v) is 5.36. The molecule has 0 aromatic rings. The van der Waals surface area contributed by atoms with Crippen LogP contribution in [-0.2, 0) is 4.57 Å². The molecular formula is C9H17O4P. The second-order valence-electron chi connectivity index (χ2n) is 4.82. The van der Waals surface area contributed by atoms with Gasteiger partial charge in [-0.15, -0.1) is 0 Å². The average Bonchev–Trinajstić information content (AvgIpc) is 2.20. The van der Waals surface area contributed by atoms with Crippen LogP contribution in [0.4, 0.5) is 0 Å². The van der Waals surface area contributed by atoms with E-state index >= 15 is 0 Å². The van der Waals surface area contributed by atoms with Gasteiger partial charge >= 0.3 is 0 Å². The first-order valence-corrected chi connectivity index (χ1v) is 6.75. The average molecular weight is 220 g/mol. The molecule has 1 unspecified atom stereocenters. The molecule has 4 atom stereocenters. The molecule has 2 aliphatic rings. The largest absolute Gasteiger partial charge is 0.380 e. The lowest BCUT2D eigenvalue weighted by Gasteiger charge is -2.36. The van der Waals surface area contributed by atoms with E-state index in [1.54, 1.807) is 0 Å². The van der Waals surface area contributed by atoms with Crippen LogP contribution in [0.25, 0.3) is 0 Å². The zero-order valence-corrected chi connectivity index (χ0v) is 9.20. The molecule has 4 nitrogen and oxygen atoms in total. The van der Waals surface area contributed by atoms with Gasteiger partial charge in [0.1, 0.15) is 10.7 Å². The first-order valence-electron chi connectivity index (χ1n) is 5.09. The van der Waals surface area contributed by atoms with E-state index in [0.717, 1.165) is 19.3 Å². The Hall–Kier alpha value is 0.110. The minimum absolute atomic E-state index is 0.206. The molecule has 2 fully saturated rings. The van der Waals surface area contributed by atoms with Gasteiger partial charge in [0, 0.05) is 5.92 Å². The maximum absolute atomic E-state index is 12.0. The third-order valence-corrected chi connectivity index (χ3v) is 6.94. The summed E-state index contributed by atoms with van der Waals surface area (Å²) in [6.45, 7) is 1.37. The van der Waals surface area contributed by atoms with E-state index in [2.05, 4.69) is 0 Å². The Bertz CT molecular complexity index is 301. The van der Waals surface area contributed by atoms with Crippen molar-refractivity contribution in [3.05, 3.63) is 0 Å². The van der Waals surface area contributed by atoms with Crippen LogP contribution in [0.3, 0.4) is 0 Å². The number of fused-ring (bicyclic) bond motifs is 1. The van der Waals surface area contributed by atoms with Crippen LogP contribution in [0.15, 0.2) is 0 Å². The first-order chi connectivity index (χ1) is 6.31. The van der Waals surface area contributed by atoms with Gasteiger partial charge in [0.15, 0.2) is 0 Å². The second-order valence-corrected chi connectivity index (χ2v) is 7.71.